The zero-order valence-corrected chi connectivity index (χ0v) is 11.7. The first-order valence-electron chi connectivity index (χ1n) is 7.24. The van der Waals surface area contributed by atoms with Gasteiger partial charge in [0.05, 0.1) is 5.69 Å². The van der Waals surface area contributed by atoms with Crippen molar-refractivity contribution in [2.75, 3.05) is 26.2 Å². The molecule has 0 saturated heterocycles. The zero-order valence-electron chi connectivity index (χ0n) is 11.7. The van der Waals surface area contributed by atoms with Crippen LogP contribution in [0.1, 0.15) is 44.0 Å². The summed E-state index contributed by atoms with van der Waals surface area (Å²) in [6, 6.07) is 4.74. The fraction of sp³-hybridized carbons (Fsp3) is 0.667. The van der Waals surface area contributed by atoms with E-state index in [0.717, 1.165) is 26.2 Å². The van der Waals surface area contributed by atoms with E-state index in [9.17, 15) is 0 Å². The SMILES string of the molecule is CCN(CC)CCNC1CCCc2cccnc21. The average Bonchev–Trinajstić information content (AvgIpc) is 2.44. The minimum absolute atomic E-state index is 0.463. The third kappa shape index (κ3) is 3.30. The number of hydrogen-bond donors (Lipinski definition) is 1. The van der Waals surface area contributed by atoms with E-state index in [2.05, 4.69) is 41.2 Å². The summed E-state index contributed by atoms with van der Waals surface area (Å²) in [6.45, 7) is 8.91. The Bertz CT molecular complexity index is 361. The molecule has 0 bridgehead atoms. The van der Waals surface area contributed by atoms with Crippen molar-refractivity contribution < 1.29 is 0 Å². The molecule has 0 amide bonds. The Balaban J connectivity index is 1.87. The highest BCUT2D eigenvalue weighted by Gasteiger charge is 2.20. The summed E-state index contributed by atoms with van der Waals surface area (Å²) >= 11 is 0. The Kier molecular flexibility index (Phi) is 5.14. The number of nitrogens with one attached hydrogen (secondary N) is 1. The molecule has 3 heteroatoms. The smallest absolute Gasteiger partial charge is 0.0605 e. The first-order chi connectivity index (χ1) is 8.85. The van der Waals surface area contributed by atoms with Gasteiger partial charge in [0.1, 0.15) is 0 Å². The van der Waals surface area contributed by atoms with E-state index in [1.54, 1.807) is 0 Å². The summed E-state index contributed by atoms with van der Waals surface area (Å²) in [6.07, 6.45) is 5.62. The van der Waals surface area contributed by atoms with Crippen LogP contribution in [0.3, 0.4) is 0 Å². The van der Waals surface area contributed by atoms with Crippen LogP contribution in [-0.2, 0) is 6.42 Å². The summed E-state index contributed by atoms with van der Waals surface area (Å²) < 4.78 is 0. The zero-order chi connectivity index (χ0) is 12.8. The molecule has 18 heavy (non-hydrogen) atoms. The molecule has 0 fully saturated rings. The Morgan fingerprint density at radius 1 is 1.39 bits per heavy atom. The lowest BCUT2D eigenvalue weighted by Gasteiger charge is -2.26. The number of rotatable bonds is 6. The minimum Gasteiger partial charge on any atom is -0.307 e. The van der Waals surface area contributed by atoms with Crippen LogP contribution in [-0.4, -0.2) is 36.1 Å². The van der Waals surface area contributed by atoms with Gasteiger partial charge >= 0.3 is 0 Å². The third-order valence-electron chi connectivity index (χ3n) is 3.91. The third-order valence-corrected chi connectivity index (χ3v) is 3.91. The highest BCUT2D eigenvalue weighted by atomic mass is 15.1. The van der Waals surface area contributed by atoms with E-state index < -0.39 is 0 Å². The average molecular weight is 247 g/mol. The lowest BCUT2D eigenvalue weighted by atomic mass is 9.92. The molecule has 0 aromatic carbocycles. The number of pyridine rings is 1. The van der Waals surface area contributed by atoms with Crippen molar-refractivity contribution in [1.29, 1.82) is 0 Å². The van der Waals surface area contributed by atoms with Gasteiger partial charge in [0.15, 0.2) is 0 Å². The van der Waals surface area contributed by atoms with Gasteiger partial charge in [-0.3, -0.25) is 4.98 Å². The molecule has 1 N–H and O–H groups in total. The lowest BCUT2D eigenvalue weighted by Crippen LogP contribution is -2.35. The molecule has 2 rings (SSSR count). The van der Waals surface area contributed by atoms with Crippen molar-refractivity contribution in [2.24, 2.45) is 0 Å². The molecule has 1 unspecified atom stereocenters. The molecule has 1 atom stereocenters. The van der Waals surface area contributed by atoms with Crippen LogP contribution < -0.4 is 5.32 Å². The van der Waals surface area contributed by atoms with Gasteiger partial charge in [0, 0.05) is 25.3 Å². The second-order valence-electron chi connectivity index (χ2n) is 4.97. The maximum Gasteiger partial charge on any atom is 0.0605 e. The van der Waals surface area contributed by atoms with Crippen LogP contribution in [0.2, 0.25) is 0 Å². The van der Waals surface area contributed by atoms with Crippen LogP contribution in [0, 0.1) is 0 Å². The summed E-state index contributed by atoms with van der Waals surface area (Å²) in [5.74, 6) is 0. The van der Waals surface area contributed by atoms with Gasteiger partial charge in [-0.2, -0.15) is 0 Å². The number of hydrogen-bond acceptors (Lipinski definition) is 3. The largest absolute Gasteiger partial charge is 0.307 e. The predicted molar refractivity (Wildman–Crippen MR) is 75.7 cm³/mol. The molecule has 0 aliphatic heterocycles. The quantitative estimate of drug-likeness (QED) is 0.836. The van der Waals surface area contributed by atoms with Crippen molar-refractivity contribution in [3.05, 3.63) is 29.6 Å². The molecule has 0 radical (unpaired) electrons. The van der Waals surface area contributed by atoms with Gasteiger partial charge in [0.2, 0.25) is 0 Å². The monoisotopic (exact) mass is 247 g/mol. The van der Waals surface area contributed by atoms with Crippen LogP contribution in [0.4, 0.5) is 0 Å². The van der Waals surface area contributed by atoms with Gasteiger partial charge < -0.3 is 10.2 Å². The van der Waals surface area contributed by atoms with Crippen LogP contribution in [0.25, 0.3) is 0 Å². The van der Waals surface area contributed by atoms with Crippen molar-refractivity contribution in [3.8, 4) is 0 Å². The van der Waals surface area contributed by atoms with Crippen LogP contribution in [0.15, 0.2) is 18.3 Å². The Hall–Kier alpha value is -0.930. The van der Waals surface area contributed by atoms with E-state index in [1.807, 2.05) is 6.20 Å². The molecule has 1 aliphatic carbocycles. The van der Waals surface area contributed by atoms with Crippen molar-refractivity contribution in [1.82, 2.24) is 15.2 Å². The topological polar surface area (TPSA) is 28.2 Å². The minimum atomic E-state index is 0.463. The Morgan fingerprint density at radius 2 is 2.22 bits per heavy atom. The van der Waals surface area contributed by atoms with E-state index in [4.69, 9.17) is 0 Å². The van der Waals surface area contributed by atoms with E-state index in [0.29, 0.717) is 6.04 Å². The summed E-state index contributed by atoms with van der Waals surface area (Å²) in [7, 11) is 0. The van der Waals surface area contributed by atoms with Crippen molar-refractivity contribution in [2.45, 2.75) is 39.2 Å². The number of fused-ring (bicyclic) bond motifs is 1. The maximum atomic E-state index is 4.56. The van der Waals surface area contributed by atoms with Gasteiger partial charge in [-0.25, -0.2) is 0 Å². The molecule has 0 saturated carbocycles. The second-order valence-corrected chi connectivity index (χ2v) is 4.97. The molecular formula is C15H25N3. The molecule has 100 valence electrons. The number of nitrogens with zero attached hydrogens (tertiary/aromatic N) is 2. The fourth-order valence-electron chi connectivity index (χ4n) is 2.74. The summed E-state index contributed by atoms with van der Waals surface area (Å²) in [5, 5.41) is 3.67. The van der Waals surface area contributed by atoms with E-state index >= 15 is 0 Å². The molecule has 1 aliphatic rings. The lowest BCUT2D eigenvalue weighted by molar-refractivity contribution is 0.292. The van der Waals surface area contributed by atoms with E-state index in [-0.39, 0.29) is 0 Å². The first-order valence-corrected chi connectivity index (χ1v) is 7.24. The molecule has 1 aromatic heterocycles. The number of aryl methyl sites for hydroxylation is 1. The molecule has 3 nitrogen and oxygen atoms in total. The highest BCUT2D eigenvalue weighted by molar-refractivity contribution is 5.25. The summed E-state index contributed by atoms with van der Waals surface area (Å²) in [5.41, 5.74) is 2.72. The Morgan fingerprint density at radius 3 is 3.00 bits per heavy atom. The highest BCUT2D eigenvalue weighted by Crippen LogP contribution is 2.27. The maximum absolute atomic E-state index is 4.56. The normalized spacial score (nSPS) is 18.9. The second kappa shape index (κ2) is 6.86. The number of likely N-dealkylation sites (N-methyl/N-ethyl adjacent to an activating group) is 1. The van der Waals surface area contributed by atoms with Gasteiger partial charge in [-0.1, -0.05) is 19.9 Å². The Labute approximate surface area is 111 Å². The molecule has 0 spiro atoms. The van der Waals surface area contributed by atoms with Gasteiger partial charge in [-0.15, -0.1) is 0 Å². The van der Waals surface area contributed by atoms with Crippen molar-refractivity contribution >= 4 is 0 Å². The standard InChI is InChI=1S/C15H25N3/c1-3-18(4-2)12-11-16-14-9-5-7-13-8-6-10-17-15(13)14/h6,8,10,14,16H,3-5,7,9,11-12H2,1-2H3. The van der Waals surface area contributed by atoms with Crippen LogP contribution in [0.5, 0.6) is 0 Å². The first kappa shape index (κ1) is 13.5. The molecule has 1 heterocycles. The molecule has 1 aromatic rings. The van der Waals surface area contributed by atoms with Crippen LogP contribution >= 0.6 is 0 Å². The van der Waals surface area contributed by atoms with Gasteiger partial charge in [-0.05, 0) is 44.0 Å². The predicted octanol–water partition coefficient (Wildman–Crippen LogP) is 2.39. The number of aromatic nitrogens is 1. The molecular weight excluding hydrogens is 222 g/mol. The summed E-state index contributed by atoms with van der Waals surface area (Å²) in [4.78, 5) is 7.02. The van der Waals surface area contributed by atoms with Gasteiger partial charge in [0.25, 0.3) is 0 Å². The van der Waals surface area contributed by atoms with E-state index in [1.165, 1.54) is 30.5 Å². The van der Waals surface area contributed by atoms with Crippen molar-refractivity contribution in [3.63, 3.8) is 0 Å². The fourth-order valence-corrected chi connectivity index (χ4v) is 2.74.